The van der Waals surface area contributed by atoms with Gasteiger partial charge in [0.05, 0.1) is 6.04 Å². The number of aliphatic hydroxyl groups excluding tert-OH is 1. The monoisotopic (exact) mass is 230 g/mol. The molecular weight excluding hydrogens is 216 g/mol. The van der Waals surface area contributed by atoms with Gasteiger partial charge in [-0.25, -0.2) is 0 Å². The Kier molecular flexibility index (Phi) is 2.46. The molecule has 17 heavy (non-hydrogen) atoms. The summed E-state index contributed by atoms with van der Waals surface area (Å²) in [6, 6.07) is 7.84. The summed E-state index contributed by atoms with van der Waals surface area (Å²) in [6.45, 7) is 0.260. The van der Waals surface area contributed by atoms with Gasteiger partial charge in [0.2, 0.25) is 0 Å². The zero-order valence-electron chi connectivity index (χ0n) is 9.36. The van der Waals surface area contributed by atoms with E-state index in [1.807, 2.05) is 18.2 Å². The number of fused-ring (bicyclic) bond motifs is 3. The molecule has 88 valence electrons. The van der Waals surface area contributed by atoms with E-state index in [4.69, 9.17) is 5.11 Å². The van der Waals surface area contributed by atoms with E-state index in [0.717, 1.165) is 11.2 Å². The van der Waals surface area contributed by atoms with Gasteiger partial charge in [0.25, 0.3) is 0 Å². The van der Waals surface area contributed by atoms with Crippen LogP contribution in [0.4, 0.5) is 0 Å². The maximum absolute atomic E-state index is 11.5. The van der Waals surface area contributed by atoms with E-state index in [1.54, 1.807) is 0 Å². The van der Waals surface area contributed by atoms with Gasteiger partial charge in [-0.05, 0) is 18.1 Å². The number of H-pyrrole nitrogens is 1. The fraction of sp³-hybridized carbons (Fsp3) is 0.308. The third-order valence-corrected chi connectivity index (χ3v) is 3.38. The molecule has 1 aromatic carbocycles. The summed E-state index contributed by atoms with van der Waals surface area (Å²) in [6.07, 6.45) is 0.652. The van der Waals surface area contributed by atoms with Crippen LogP contribution in [0.25, 0.3) is 10.9 Å². The molecule has 4 heteroatoms. The third-order valence-electron chi connectivity index (χ3n) is 3.38. The number of benzene rings is 1. The number of carbonyl (C=O) groups is 1. The second kappa shape index (κ2) is 3.98. The van der Waals surface area contributed by atoms with Crippen LogP contribution in [0.5, 0.6) is 0 Å². The molecule has 1 aliphatic rings. The average Bonchev–Trinajstić information content (AvgIpc) is 2.75. The molecule has 0 bridgehead atoms. The topological polar surface area (TPSA) is 65.1 Å². The highest BCUT2D eigenvalue weighted by Gasteiger charge is 2.25. The van der Waals surface area contributed by atoms with Crippen LogP contribution in [-0.4, -0.2) is 28.5 Å². The van der Waals surface area contributed by atoms with Crippen molar-refractivity contribution in [3.8, 4) is 0 Å². The number of para-hydroxylation sites is 1. The maximum atomic E-state index is 11.5. The third kappa shape index (κ3) is 1.66. The minimum absolute atomic E-state index is 0.138. The number of aromatic nitrogens is 1. The van der Waals surface area contributed by atoms with Gasteiger partial charge >= 0.3 is 0 Å². The van der Waals surface area contributed by atoms with Crippen molar-refractivity contribution in [2.45, 2.75) is 19.0 Å². The molecule has 0 aliphatic carbocycles. The highest BCUT2D eigenvalue weighted by Crippen LogP contribution is 2.26. The van der Waals surface area contributed by atoms with Crippen molar-refractivity contribution in [2.75, 3.05) is 6.61 Å². The molecule has 1 aliphatic heterocycles. The Morgan fingerprint density at radius 3 is 3.06 bits per heavy atom. The van der Waals surface area contributed by atoms with Crippen molar-refractivity contribution in [1.29, 1.82) is 0 Å². The number of ketones is 1. The highest BCUT2D eigenvalue weighted by molar-refractivity contribution is 5.89. The number of Topliss-reactive ketones (excluding diaryl/α,β-unsaturated/α-hetero) is 1. The molecule has 0 saturated carbocycles. The predicted octanol–water partition coefficient (Wildman–Crippen LogP) is 0.744. The predicted molar refractivity (Wildman–Crippen MR) is 64.7 cm³/mol. The highest BCUT2D eigenvalue weighted by atomic mass is 16.3. The molecule has 0 radical (unpaired) electrons. The molecule has 1 atom stereocenters. The van der Waals surface area contributed by atoms with Gasteiger partial charge in [-0.15, -0.1) is 0 Å². The van der Waals surface area contributed by atoms with Crippen molar-refractivity contribution in [3.05, 3.63) is 35.5 Å². The van der Waals surface area contributed by atoms with Crippen LogP contribution in [0.1, 0.15) is 11.3 Å². The van der Waals surface area contributed by atoms with Crippen molar-refractivity contribution < 1.29 is 9.90 Å². The number of aliphatic hydroxyl groups is 1. The van der Waals surface area contributed by atoms with E-state index in [-0.39, 0.29) is 11.8 Å². The van der Waals surface area contributed by atoms with E-state index >= 15 is 0 Å². The number of hydrogen-bond acceptors (Lipinski definition) is 3. The van der Waals surface area contributed by atoms with Gasteiger partial charge in [-0.2, -0.15) is 0 Å². The van der Waals surface area contributed by atoms with Crippen LogP contribution in [0.2, 0.25) is 0 Å². The number of carbonyl (C=O) groups excluding carboxylic acids is 1. The number of rotatable bonds is 2. The van der Waals surface area contributed by atoms with Gasteiger partial charge in [-0.1, -0.05) is 18.2 Å². The first-order chi connectivity index (χ1) is 8.29. The summed E-state index contributed by atoms with van der Waals surface area (Å²) in [5.74, 6) is -0.138. The van der Waals surface area contributed by atoms with Crippen LogP contribution < -0.4 is 5.32 Å². The molecule has 3 rings (SSSR count). The standard InChI is InChI=1S/C13H14N2O2/c16-7-13(17)11-5-9-8-3-1-2-4-10(8)15-12(9)6-14-11/h1-4,11,14-16H,5-7H2/t11-/m0/s1. The summed E-state index contributed by atoms with van der Waals surface area (Å²) in [4.78, 5) is 14.9. The molecule has 1 aromatic heterocycles. The molecular formula is C13H14N2O2. The van der Waals surface area contributed by atoms with E-state index < -0.39 is 6.61 Å². The SMILES string of the molecule is O=C(CO)[C@@H]1Cc2c([nH]c3ccccc23)CN1. The minimum Gasteiger partial charge on any atom is -0.389 e. The Morgan fingerprint density at radius 2 is 2.24 bits per heavy atom. The Bertz CT molecular complexity index is 574. The van der Waals surface area contributed by atoms with E-state index in [9.17, 15) is 4.79 Å². The minimum atomic E-state index is -0.393. The molecule has 0 amide bonds. The number of hydrogen-bond donors (Lipinski definition) is 3. The largest absolute Gasteiger partial charge is 0.389 e. The molecule has 0 spiro atoms. The molecule has 0 saturated heterocycles. The first kappa shape index (κ1) is 10.5. The lowest BCUT2D eigenvalue weighted by Gasteiger charge is -2.22. The van der Waals surface area contributed by atoms with E-state index in [1.165, 1.54) is 10.9 Å². The molecule has 0 fully saturated rings. The lowest BCUT2D eigenvalue weighted by atomic mass is 9.96. The van der Waals surface area contributed by atoms with Gasteiger partial charge in [0, 0.05) is 23.1 Å². The fourth-order valence-corrected chi connectivity index (χ4v) is 2.48. The van der Waals surface area contributed by atoms with Gasteiger partial charge < -0.3 is 15.4 Å². The summed E-state index contributed by atoms with van der Waals surface area (Å²) in [5, 5.41) is 13.2. The molecule has 2 heterocycles. The van der Waals surface area contributed by atoms with Crippen LogP contribution in [0.15, 0.2) is 24.3 Å². The Balaban J connectivity index is 2.03. The zero-order chi connectivity index (χ0) is 11.8. The van der Waals surface area contributed by atoms with Crippen molar-refractivity contribution in [3.63, 3.8) is 0 Å². The van der Waals surface area contributed by atoms with E-state index in [2.05, 4.69) is 16.4 Å². The van der Waals surface area contributed by atoms with Crippen molar-refractivity contribution >= 4 is 16.7 Å². The summed E-state index contributed by atoms with van der Waals surface area (Å²) in [5.41, 5.74) is 3.45. The molecule has 3 N–H and O–H groups in total. The molecule has 4 nitrogen and oxygen atoms in total. The second-order valence-corrected chi connectivity index (χ2v) is 4.39. The lowest BCUT2D eigenvalue weighted by molar-refractivity contribution is -0.123. The first-order valence-corrected chi connectivity index (χ1v) is 5.75. The number of nitrogens with one attached hydrogen (secondary N) is 2. The molecule has 2 aromatic rings. The van der Waals surface area contributed by atoms with Crippen LogP contribution in [0, 0.1) is 0 Å². The normalized spacial score (nSPS) is 19.2. The van der Waals surface area contributed by atoms with Crippen molar-refractivity contribution in [2.24, 2.45) is 0 Å². The van der Waals surface area contributed by atoms with Crippen LogP contribution in [0.3, 0.4) is 0 Å². The Morgan fingerprint density at radius 1 is 1.41 bits per heavy atom. The van der Waals surface area contributed by atoms with Gasteiger partial charge in [0.1, 0.15) is 6.61 Å². The lowest BCUT2D eigenvalue weighted by Crippen LogP contribution is -2.42. The first-order valence-electron chi connectivity index (χ1n) is 5.75. The summed E-state index contributed by atoms with van der Waals surface area (Å²) < 4.78 is 0. The van der Waals surface area contributed by atoms with Gasteiger partial charge in [-0.3, -0.25) is 4.79 Å². The average molecular weight is 230 g/mol. The summed E-state index contributed by atoms with van der Waals surface area (Å²) >= 11 is 0. The zero-order valence-corrected chi connectivity index (χ0v) is 9.36. The summed E-state index contributed by atoms with van der Waals surface area (Å²) in [7, 11) is 0. The number of aromatic amines is 1. The van der Waals surface area contributed by atoms with E-state index in [0.29, 0.717) is 13.0 Å². The van der Waals surface area contributed by atoms with Crippen molar-refractivity contribution in [1.82, 2.24) is 10.3 Å². The second-order valence-electron chi connectivity index (χ2n) is 4.39. The maximum Gasteiger partial charge on any atom is 0.175 e. The van der Waals surface area contributed by atoms with Gasteiger partial charge in [0.15, 0.2) is 5.78 Å². The quantitative estimate of drug-likeness (QED) is 0.713. The Hall–Kier alpha value is -1.65. The van der Waals surface area contributed by atoms with Crippen LogP contribution in [-0.2, 0) is 17.8 Å². The molecule has 0 unspecified atom stereocenters. The fourth-order valence-electron chi connectivity index (χ4n) is 2.48. The Labute approximate surface area is 98.6 Å². The smallest absolute Gasteiger partial charge is 0.175 e. The van der Waals surface area contributed by atoms with Crippen LogP contribution >= 0.6 is 0 Å².